The van der Waals surface area contributed by atoms with Crippen LogP contribution in [0.3, 0.4) is 0 Å². The summed E-state index contributed by atoms with van der Waals surface area (Å²) in [5, 5.41) is 8.65. The predicted octanol–water partition coefficient (Wildman–Crippen LogP) is -0.280. The largest absolute Gasteiger partial charge is 0.394 e. The fourth-order valence-electron chi connectivity index (χ4n) is 1.98. The first-order valence-corrected chi connectivity index (χ1v) is 6.40. The first-order valence-electron chi connectivity index (χ1n) is 6.40. The third-order valence-corrected chi connectivity index (χ3v) is 2.79. The Morgan fingerprint density at radius 1 is 1.33 bits per heavy atom. The van der Waals surface area contributed by atoms with E-state index < -0.39 is 0 Å². The highest BCUT2D eigenvalue weighted by molar-refractivity contribution is 5.81. The Hall–Kier alpha value is -0.690. The lowest BCUT2D eigenvalue weighted by Crippen LogP contribution is -2.54. The topological polar surface area (TPSA) is 87.8 Å². The Morgan fingerprint density at radius 3 is 2.33 bits per heavy atom. The Kier molecular flexibility index (Phi) is 8.91. The molecule has 0 aromatic rings. The number of hydrogen-bond acceptors (Lipinski definition) is 5. The zero-order valence-electron chi connectivity index (χ0n) is 11.8. The summed E-state index contributed by atoms with van der Waals surface area (Å²) < 4.78 is 5.25. The Labute approximate surface area is 109 Å². The molecule has 0 aliphatic rings. The van der Waals surface area contributed by atoms with Crippen molar-refractivity contribution in [2.45, 2.75) is 39.8 Å². The number of carbonyl (C=O) groups is 1. The number of nitrogens with zero attached hydrogens (tertiary/aromatic N) is 1. The van der Waals surface area contributed by atoms with Crippen LogP contribution in [0.15, 0.2) is 0 Å². The maximum Gasteiger partial charge on any atom is 0.251 e. The molecule has 0 aromatic carbocycles. The lowest BCUT2D eigenvalue weighted by atomic mass is 10.0. The van der Waals surface area contributed by atoms with Crippen LogP contribution in [0.5, 0.6) is 0 Å². The van der Waals surface area contributed by atoms with Gasteiger partial charge in [0.2, 0.25) is 0 Å². The molecule has 0 bridgehead atoms. The van der Waals surface area contributed by atoms with Crippen molar-refractivity contribution in [3.63, 3.8) is 0 Å². The molecular weight excluding hydrogens is 234 g/mol. The molecule has 1 atom stereocenters. The van der Waals surface area contributed by atoms with E-state index in [-0.39, 0.29) is 30.5 Å². The van der Waals surface area contributed by atoms with Gasteiger partial charge in [-0.15, -0.1) is 0 Å². The maximum absolute atomic E-state index is 11.8. The molecule has 0 saturated carbocycles. The van der Waals surface area contributed by atoms with Crippen LogP contribution in [-0.2, 0) is 9.53 Å². The van der Waals surface area contributed by atoms with E-state index in [9.17, 15) is 4.79 Å². The highest BCUT2D eigenvalue weighted by Crippen LogP contribution is 2.14. The van der Waals surface area contributed by atoms with Crippen LogP contribution in [0.2, 0.25) is 0 Å². The fourth-order valence-corrected chi connectivity index (χ4v) is 1.98. The highest BCUT2D eigenvalue weighted by atomic mass is 16.5. The predicted molar refractivity (Wildman–Crippen MR) is 70.7 cm³/mol. The summed E-state index contributed by atoms with van der Waals surface area (Å²) in [6.07, 6.45) is 0. The van der Waals surface area contributed by atoms with Crippen molar-refractivity contribution in [3.8, 4) is 0 Å². The van der Waals surface area contributed by atoms with Crippen molar-refractivity contribution in [1.82, 2.24) is 10.3 Å². The third kappa shape index (κ3) is 5.77. The zero-order valence-corrected chi connectivity index (χ0v) is 11.8. The van der Waals surface area contributed by atoms with Crippen molar-refractivity contribution in [2.75, 3.05) is 26.4 Å². The lowest BCUT2D eigenvalue weighted by Gasteiger charge is -2.35. The molecule has 4 N–H and O–H groups in total. The summed E-state index contributed by atoms with van der Waals surface area (Å²) in [5.41, 5.74) is 2.22. The van der Waals surface area contributed by atoms with Crippen molar-refractivity contribution in [2.24, 2.45) is 11.8 Å². The molecule has 0 heterocycles. The first-order chi connectivity index (χ1) is 8.45. The molecule has 0 aliphatic heterocycles. The van der Waals surface area contributed by atoms with Gasteiger partial charge in [-0.05, 0) is 19.8 Å². The van der Waals surface area contributed by atoms with E-state index in [1.165, 1.54) is 0 Å². The number of rotatable bonds is 9. The van der Waals surface area contributed by atoms with Crippen LogP contribution in [0.4, 0.5) is 0 Å². The van der Waals surface area contributed by atoms with Gasteiger partial charge >= 0.3 is 0 Å². The molecular formula is C12H27N3O3. The molecule has 0 aliphatic carbocycles. The summed E-state index contributed by atoms with van der Waals surface area (Å²) in [7, 11) is 0. The summed E-state index contributed by atoms with van der Waals surface area (Å²) in [6, 6.07) is -0.0554. The van der Waals surface area contributed by atoms with Crippen LogP contribution in [0, 0.1) is 5.92 Å². The number of nitrogens with one attached hydrogen (secondary N) is 1. The standard InChI is InChI=1S/C12H27N3O3/c1-9(2)11(12(17)14-13)15(10(3)4)5-7-18-8-6-16/h9-11,16H,5-8,13H2,1-4H3,(H,14,17). The minimum absolute atomic E-state index is 0.0125. The van der Waals surface area contributed by atoms with Gasteiger partial charge in [-0.2, -0.15) is 0 Å². The Morgan fingerprint density at radius 2 is 1.94 bits per heavy atom. The summed E-state index contributed by atoms with van der Waals surface area (Å²) >= 11 is 0. The molecule has 0 aromatic heterocycles. The molecule has 0 radical (unpaired) electrons. The smallest absolute Gasteiger partial charge is 0.251 e. The van der Waals surface area contributed by atoms with Gasteiger partial charge in [0, 0.05) is 12.6 Å². The summed E-state index contributed by atoms with van der Waals surface area (Å²) in [4.78, 5) is 13.9. The molecule has 18 heavy (non-hydrogen) atoms. The average molecular weight is 261 g/mol. The molecule has 108 valence electrons. The molecule has 6 nitrogen and oxygen atoms in total. The number of ether oxygens (including phenoxy) is 1. The molecule has 0 spiro atoms. The van der Waals surface area contributed by atoms with Crippen LogP contribution in [0.1, 0.15) is 27.7 Å². The number of amides is 1. The van der Waals surface area contributed by atoms with Crippen molar-refractivity contribution < 1.29 is 14.6 Å². The van der Waals surface area contributed by atoms with Crippen LogP contribution >= 0.6 is 0 Å². The molecule has 6 heteroatoms. The van der Waals surface area contributed by atoms with Crippen molar-refractivity contribution >= 4 is 5.91 Å². The summed E-state index contributed by atoms with van der Waals surface area (Å²) in [6.45, 7) is 9.50. The van der Waals surface area contributed by atoms with Crippen molar-refractivity contribution in [1.29, 1.82) is 0 Å². The normalized spacial score (nSPS) is 13.4. The first kappa shape index (κ1) is 17.3. The van der Waals surface area contributed by atoms with E-state index in [4.69, 9.17) is 15.7 Å². The molecule has 1 unspecified atom stereocenters. The molecule has 0 rings (SSSR count). The van der Waals surface area contributed by atoms with Gasteiger partial charge in [-0.25, -0.2) is 5.84 Å². The van der Waals surface area contributed by atoms with Gasteiger partial charge < -0.3 is 9.84 Å². The van der Waals surface area contributed by atoms with Gasteiger partial charge in [0.1, 0.15) is 0 Å². The van der Waals surface area contributed by atoms with Gasteiger partial charge in [-0.1, -0.05) is 13.8 Å². The summed E-state index contributed by atoms with van der Waals surface area (Å²) in [5.74, 6) is 5.22. The second kappa shape index (κ2) is 9.27. The van der Waals surface area contributed by atoms with Gasteiger partial charge in [-0.3, -0.25) is 15.1 Å². The second-order valence-corrected chi connectivity index (χ2v) is 4.86. The number of aliphatic hydroxyl groups is 1. The van der Waals surface area contributed by atoms with Crippen LogP contribution in [0.25, 0.3) is 0 Å². The van der Waals surface area contributed by atoms with E-state index in [1.807, 2.05) is 27.7 Å². The number of nitrogens with two attached hydrogens (primary N) is 1. The SMILES string of the molecule is CC(C)C(C(=O)NN)N(CCOCCO)C(C)C. The molecule has 1 amide bonds. The van der Waals surface area contributed by atoms with E-state index in [2.05, 4.69) is 10.3 Å². The Balaban J connectivity index is 4.56. The average Bonchev–Trinajstić information content (AvgIpc) is 2.31. The Bertz CT molecular complexity index is 235. The van der Waals surface area contributed by atoms with E-state index >= 15 is 0 Å². The monoisotopic (exact) mass is 261 g/mol. The number of carbonyl (C=O) groups excluding carboxylic acids is 1. The van der Waals surface area contributed by atoms with Gasteiger partial charge in [0.05, 0.1) is 25.9 Å². The van der Waals surface area contributed by atoms with Gasteiger partial charge in [0.25, 0.3) is 5.91 Å². The van der Waals surface area contributed by atoms with Crippen LogP contribution < -0.4 is 11.3 Å². The maximum atomic E-state index is 11.8. The quantitative estimate of drug-likeness (QED) is 0.230. The number of aliphatic hydroxyl groups excluding tert-OH is 1. The van der Waals surface area contributed by atoms with E-state index in [0.717, 1.165) is 0 Å². The third-order valence-electron chi connectivity index (χ3n) is 2.79. The highest BCUT2D eigenvalue weighted by Gasteiger charge is 2.29. The number of hydrogen-bond donors (Lipinski definition) is 3. The van der Waals surface area contributed by atoms with E-state index in [1.54, 1.807) is 0 Å². The van der Waals surface area contributed by atoms with E-state index in [0.29, 0.717) is 19.8 Å². The van der Waals surface area contributed by atoms with Crippen LogP contribution in [-0.4, -0.2) is 54.4 Å². The van der Waals surface area contributed by atoms with Crippen molar-refractivity contribution in [3.05, 3.63) is 0 Å². The minimum Gasteiger partial charge on any atom is -0.394 e. The lowest BCUT2D eigenvalue weighted by molar-refractivity contribution is -0.129. The molecule has 0 saturated heterocycles. The van der Waals surface area contributed by atoms with Gasteiger partial charge in [0.15, 0.2) is 0 Å². The second-order valence-electron chi connectivity index (χ2n) is 4.86. The zero-order chi connectivity index (χ0) is 14.1. The number of hydrazine groups is 1. The minimum atomic E-state index is -0.271. The fraction of sp³-hybridized carbons (Fsp3) is 0.917. The molecule has 0 fully saturated rings.